The number of aromatic nitrogens is 1. The number of likely N-dealkylation sites (tertiary alicyclic amines) is 1. The number of thiazole rings is 1. The first-order chi connectivity index (χ1) is 34.9. The Bertz CT molecular complexity index is 2680. The fourth-order valence-corrected chi connectivity index (χ4v) is 8.94. The maximum Gasteiger partial charge on any atom is 0.410 e. The summed E-state index contributed by atoms with van der Waals surface area (Å²) in [4.78, 5) is 46.5. The van der Waals surface area contributed by atoms with Gasteiger partial charge in [0.05, 0.1) is 26.1 Å². The number of nitrogens with two attached hydrogens (primary N) is 2. The number of piperidine rings is 2. The van der Waals surface area contributed by atoms with E-state index < -0.39 is 23.0 Å². The first kappa shape index (κ1) is 60.9. The minimum Gasteiger partial charge on any atom is -0.494 e. The minimum atomic E-state index is -0.610. The summed E-state index contributed by atoms with van der Waals surface area (Å²) in [6, 6.07) is 23.2. The maximum atomic E-state index is 14.0. The summed E-state index contributed by atoms with van der Waals surface area (Å²) in [5.41, 5.74) is 13.3. The normalized spacial score (nSPS) is 15.3. The predicted molar refractivity (Wildman–Crippen MR) is 305 cm³/mol. The monoisotopic (exact) mass is 1160 g/mol. The highest BCUT2D eigenvalue weighted by molar-refractivity contribution is 9.09. The van der Waals surface area contributed by atoms with E-state index in [1.165, 1.54) is 56.3 Å². The summed E-state index contributed by atoms with van der Waals surface area (Å²) in [6.07, 6.45) is 3.76. The number of aliphatic imine (C=N–C) groups is 1. The van der Waals surface area contributed by atoms with Crippen LogP contribution in [-0.2, 0) is 4.74 Å². The summed E-state index contributed by atoms with van der Waals surface area (Å²) in [5, 5.41) is 10.9. The van der Waals surface area contributed by atoms with Gasteiger partial charge < -0.3 is 56.0 Å². The Labute approximate surface area is 456 Å². The molecule has 23 heteroatoms. The van der Waals surface area contributed by atoms with Crippen LogP contribution in [-0.4, -0.2) is 107 Å². The number of ketones is 2. The van der Waals surface area contributed by atoms with Crippen molar-refractivity contribution in [2.24, 2.45) is 10.7 Å². The fraction of sp³-hybridized carbons (Fsp3) is 0.373. The first-order valence-electron chi connectivity index (χ1n) is 23.2. The number of thiocarbonyl (C=S) groups is 1. The lowest BCUT2D eigenvalue weighted by molar-refractivity contribution is 0.00774. The SMILES string of the molecule is CCSC(N)=NC(=S)Nc1ccc(OC2CCCN(C(=O)OC(C)(C)C)C2)cc1.COc1ccc(C(=O)CBr)cc1F.COc1ccc(C(=O)c2sc(Nc3ccc(OC4CCCNC4)cc3)nc2N)cc1F.P. The molecule has 2 saturated heterocycles. The predicted octanol–water partition coefficient (Wildman–Crippen LogP) is 10.7. The Hall–Kier alpha value is -5.64. The summed E-state index contributed by atoms with van der Waals surface area (Å²) in [7, 11) is 2.75. The third-order valence-corrected chi connectivity index (χ3v) is 12.8. The average Bonchev–Trinajstić information content (AvgIpc) is 3.73. The second-order valence-electron chi connectivity index (χ2n) is 17.2. The van der Waals surface area contributed by atoms with Crippen molar-refractivity contribution in [2.75, 3.05) is 67.8 Å². The molecule has 2 fully saturated rings. The van der Waals surface area contributed by atoms with Crippen LogP contribution in [0.15, 0.2) is 89.9 Å². The Balaban J connectivity index is 0.000000257. The van der Waals surface area contributed by atoms with Gasteiger partial charge in [0.2, 0.25) is 5.78 Å². The van der Waals surface area contributed by atoms with Crippen molar-refractivity contribution in [2.45, 2.75) is 71.2 Å². The Morgan fingerprint density at radius 2 is 1.49 bits per heavy atom. The van der Waals surface area contributed by atoms with E-state index in [0.717, 1.165) is 84.8 Å². The Morgan fingerprint density at radius 1 is 0.905 bits per heavy atom. The molecule has 4 aromatic carbocycles. The van der Waals surface area contributed by atoms with Crippen molar-refractivity contribution >= 4 is 111 Å². The zero-order valence-corrected chi connectivity index (χ0v) is 47.6. The topological polar surface area (TPSA) is 214 Å². The lowest BCUT2D eigenvalue weighted by Crippen LogP contribution is -2.46. The number of nitrogens with one attached hydrogen (secondary N) is 3. The fourth-order valence-electron chi connectivity index (χ4n) is 7.02. The quantitative estimate of drug-likeness (QED) is 0.0175. The van der Waals surface area contributed by atoms with Crippen LogP contribution in [0.1, 0.15) is 79.0 Å². The van der Waals surface area contributed by atoms with Crippen LogP contribution in [0, 0.1) is 11.6 Å². The molecule has 0 aliphatic carbocycles. The molecule has 16 nitrogen and oxygen atoms in total. The minimum absolute atomic E-state index is 0. The second-order valence-corrected chi connectivity index (χ2v) is 20.4. The van der Waals surface area contributed by atoms with Crippen molar-refractivity contribution in [1.29, 1.82) is 0 Å². The van der Waals surface area contributed by atoms with E-state index in [0.29, 0.717) is 34.1 Å². The number of amidine groups is 1. The number of ether oxygens (including phenoxy) is 5. The number of Topliss-reactive ketones (excluding diaryl/α,β-unsaturated/α-hetero) is 1. The van der Waals surface area contributed by atoms with Gasteiger partial charge in [-0.15, -0.1) is 0 Å². The largest absolute Gasteiger partial charge is 0.494 e. The Kier molecular flexibility index (Phi) is 24.7. The lowest BCUT2D eigenvalue weighted by Gasteiger charge is -2.34. The van der Waals surface area contributed by atoms with Gasteiger partial charge in [0.25, 0.3) is 0 Å². The summed E-state index contributed by atoms with van der Waals surface area (Å²) in [6.45, 7) is 10.7. The zero-order chi connectivity index (χ0) is 53.1. The van der Waals surface area contributed by atoms with Gasteiger partial charge in [-0.05, 0) is 156 Å². The van der Waals surface area contributed by atoms with Crippen LogP contribution in [0.25, 0.3) is 0 Å². The number of benzene rings is 4. The highest BCUT2D eigenvalue weighted by Gasteiger charge is 2.29. The van der Waals surface area contributed by atoms with E-state index in [4.69, 9.17) is 47.4 Å². The van der Waals surface area contributed by atoms with Gasteiger partial charge in [-0.2, -0.15) is 14.9 Å². The van der Waals surface area contributed by atoms with E-state index >= 15 is 0 Å². The zero-order valence-electron chi connectivity index (χ0n) is 42.1. The van der Waals surface area contributed by atoms with Gasteiger partial charge in [-0.1, -0.05) is 46.0 Å². The third kappa shape index (κ3) is 19.6. The van der Waals surface area contributed by atoms with Gasteiger partial charge in [-0.25, -0.2) is 18.6 Å². The first-order valence-corrected chi connectivity index (χ1v) is 26.6. The van der Waals surface area contributed by atoms with Crippen LogP contribution in [0.5, 0.6) is 23.0 Å². The number of amides is 1. The molecule has 74 heavy (non-hydrogen) atoms. The summed E-state index contributed by atoms with van der Waals surface area (Å²) in [5.74, 6) is 1.02. The standard InChI is InChI=1S/C22H23FN4O3S.C20H30N4O3S2.C9H8BrFO2.H3P/c1-29-18-9-4-13(11-17(18)23)19(28)20-21(24)27-22(31-20)26-14-5-7-15(8-6-14)30-16-3-2-10-25-12-16;1-5-29-17(21)23-18(28)22-14-8-10-15(11-9-14)26-16-7-6-12-24(13-16)19(25)27-20(2,3)4;1-13-9-3-2-6(4-7(9)11)8(12)5-10;/h4-9,11,16,25H,2-3,10,12,24H2,1H3,(H,26,27);8-11,16H,5-7,12-13H2,1-4H3,(H3,21,22,23,28);2-4H,5H2,1H3;1H3. The number of halogens is 3. The maximum absolute atomic E-state index is 14.0. The number of carbonyl (C=O) groups excluding carboxylic acids is 3. The smallest absolute Gasteiger partial charge is 0.410 e. The van der Waals surface area contributed by atoms with Crippen LogP contribution in [0.4, 0.5) is 35.9 Å². The number of rotatable bonds is 14. The number of alkyl halides is 1. The van der Waals surface area contributed by atoms with Crippen LogP contribution in [0.2, 0.25) is 0 Å². The highest BCUT2D eigenvalue weighted by Crippen LogP contribution is 2.32. The Morgan fingerprint density at radius 3 is 2.04 bits per heavy atom. The molecular formula is C51H64BrF2N8O8PS3. The molecule has 400 valence electrons. The van der Waals surface area contributed by atoms with Gasteiger partial charge >= 0.3 is 6.09 Å². The van der Waals surface area contributed by atoms with Crippen molar-refractivity contribution in [3.63, 3.8) is 0 Å². The number of nitrogen functional groups attached to an aromatic ring is 1. The highest BCUT2D eigenvalue weighted by atomic mass is 79.9. The van der Waals surface area contributed by atoms with E-state index in [9.17, 15) is 23.2 Å². The van der Waals surface area contributed by atoms with Gasteiger partial charge in [0.15, 0.2) is 44.3 Å². The number of methoxy groups -OCH3 is 2. The number of hydrogen-bond acceptors (Lipinski definition) is 15. The van der Waals surface area contributed by atoms with Gasteiger partial charge in [0.1, 0.15) is 40.0 Å². The molecule has 5 aromatic rings. The van der Waals surface area contributed by atoms with E-state index in [-0.39, 0.29) is 67.1 Å². The van der Waals surface area contributed by atoms with Crippen LogP contribution in [0.3, 0.4) is 0 Å². The molecule has 3 atom stereocenters. The molecule has 7 N–H and O–H groups in total. The van der Waals surface area contributed by atoms with Crippen molar-refractivity contribution in [1.82, 2.24) is 15.2 Å². The summed E-state index contributed by atoms with van der Waals surface area (Å²) < 4.78 is 54.1. The molecular weight excluding hydrogens is 1100 g/mol. The molecule has 0 bridgehead atoms. The van der Waals surface area contributed by atoms with Crippen molar-refractivity contribution in [3.05, 3.63) is 113 Å². The second kappa shape index (κ2) is 30.0. The van der Waals surface area contributed by atoms with Crippen LogP contribution >= 0.6 is 61.1 Å². The molecule has 3 heterocycles. The van der Waals surface area contributed by atoms with Crippen molar-refractivity contribution < 1.29 is 46.8 Å². The number of hydrogen-bond donors (Lipinski definition) is 5. The molecule has 3 unspecified atom stereocenters. The molecule has 2 aliphatic heterocycles. The van der Waals surface area contributed by atoms with E-state index in [1.807, 2.05) is 76.2 Å². The van der Waals surface area contributed by atoms with Gasteiger partial charge in [-0.3, -0.25) is 9.59 Å². The molecule has 0 spiro atoms. The van der Waals surface area contributed by atoms with Crippen LogP contribution < -0.4 is 46.4 Å². The molecule has 1 amide bonds. The average molecular weight is 1160 g/mol. The van der Waals surface area contributed by atoms with E-state index in [2.05, 4.69) is 41.9 Å². The molecule has 7 rings (SSSR count). The number of nitrogens with zero attached hydrogens (tertiary/aromatic N) is 3. The number of anilines is 4. The number of carbonyl (C=O) groups is 3. The number of thioether (sulfide) groups is 1. The van der Waals surface area contributed by atoms with E-state index in [1.54, 1.807) is 4.90 Å². The third-order valence-electron chi connectivity index (χ3n) is 10.5. The molecule has 2 aliphatic rings. The lowest BCUT2D eigenvalue weighted by atomic mass is 10.1. The summed E-state index contributed by atoms with van der Waals surface area (Å²) >= 11 is 10.8. The molecule has 1 aromatic heterocycles. The molecule has 0 radical (unpaired) electrons. The van der Waals surface area contributed by atoms with Gasteiger partial charge in [0, 0.05) is 35.6 Å². The molecule has 0 saturated carbocycles. The van der Waals surface area contributed by atoms with Crippen molar-refractivity contribution in [3.8, 4) is 23.0 Å².